The smallest absolute Gasteiger partial charge is 0.310 e. The number of nitrogens with zero attached hydrogens (tertiary/aromatic N) is 3. The average molecular weight is 574 g/mol. The second-order valence-corrected chi connectivity index (χ2v) is 10.1. The fourth-order valence-electron chi connectivity index (χ4n) is 3.74. The molecule has 11 nitrogen and oxygen atoms in total. The topological polar surface area (TPSA) is 166 Å². The standard InChI is InChI=1S/C26H25F2N5O6S/c1-33-9-8-31-25(33)16-12-15(40(36)10-7-21(35)37-2)4-6-19(16)38-23-17(27)13-32-26(22(23)28)39-20-11-14(24(29)30)3-5-18(20)34/h3-6,8,11-13,25,34H,7,9-10H2,1-2H3,(H3,29,30). The summed E-state index contributed by atoms with van der Waals surface area (Å²) in [5.74, 6) is -5.40. The number of aromatic hydroxyl groups is 1. The van der Waals surface area contributed by atoms with Crippen molar-refractivity contribution >= 4 is 29.2 Å². The minimum absolute atomic E-state index is 0.0159. The highest BCUT2D eigenvalue weighted by atomic mass is 32.2. The summed E-state index contributed by atoms with van der Waals surface area (Å²) in [5, 5.41) is 17.6. The maximum atomic E-state index is 15.5. The van der Waals surface area contributed by atoms with Crippen molar-refractivity contribution in [1.29, 1.82) is 5.41 Å². The van der Waals surface area contributed by atoms with Gasteiger partial charge < -0.3 is 29.6 Å². The number of esters is 1. The third-order valence-corrected chi connectivity index (χ3v) is 7.22. The first-order chi connectivity index (χ1) is 19.1. The minimum atomic E-state index is -1.58. The van der Waals surface area contributed by atoms with E-state index < -0.39 is 52.3 Å². The van der Waals surface area contributed by atoms with Crippen LogP contribution in [0.25, 0.3) is 0 Å². The van der Waals surface area contributed by atoms with Gasteiger partial charge in [0.15, 0.2) is 22.2 Å². The lowest BCUT2D eigenvalue weighted by atomic mass is 10.1. The lowest BCUT2D eigenvalue weighted by Crippen LogP contribution is -2.20. The first kappa shape index (κ1) is 28.7. The van der Waals surface area contributed by atoms with Crippen LogP contribution in [0.5, 0.6) is 28.9 Å². The third-order valence-electron chi connectivity index (χ3n) is 5.86. The molecule has 1 aromatic heterocycles. The molecule has 0 radical (unpaired) electrons. The number of phenols is 1. The summed E-state index contributed by atoms with van der Waals surface area (Å²) in [5.41, 5.74) is 6.04. The Morgan fingerprint density at radius 1 is 1.25 bits per heavy atom. The minimum Gasteiger partial charge on any atom is -0.611 e. The summed E-state index contributed by atoms with van der Waals surface area (Å²) >= 11 is -1.58. The number of carbonyl (C=O) groups is 1. The van der Waals surface area contributed by atoms with Crippen LogP contribution >= 0.6 is 0 Å². The Morgan fingerprint density at radius 2 is 2.02 bits per heavy atom. The van der Waals surface area contributed by atoms with Gasteiger partial charge in [-0.2, -0.15) is 4.39 Å². The van der Waals surface area contributed by atoms with Gasteiger partial charge in [0.05, 0.1) is 19.7 Å². The Hall–Kier alpha value is -4.27. The zero-order valence-corrected chi connectivity index (χ0v) is 22.2. The van der Waals surface area contributed by atoms with Crippen molar-refractivity contribution in [1.82, 2.24) is 9.88 Å². The first-order valence-electron chi connectivity index (χ1n) is 11.8. The number of nitrogens with two attached hydrogens (primary N) is 1. The van der Waals surface area contributed by atoms with Crippen LogP contribution in [-0.4, -0.2) is 64.0 Å². The largest absolute Gasteiger partial charge is 0.611 e. The van der Waals surface area contributed by atoms with E-state index in [0.29, 0.717) is 23.2 Å². The van der Waals surface area contributed by atoms with Gasteiger partial charge in [-0.25, -0.2) is 9.37 Å². The third kappa shape index (κ3) is 6.30. The summed E-state index contributed by atoms with van der Waals surface area (Å²) in [6.45, 7) is 0.499. The Morgan fingerprint density at radius 3 is 2.70 bits per heavy atom. The molecule has 4 N–H and O–H groups in total. The first-order valence-corrected chi connectivity index (χ1v) is 13.1. The van der Waals surface area contributed by atoms with Crippen LogP contribution in [0.1, 0.15) is 23.7 Å². The van der Waals surface area contributed by atoms with Gasteiger partial charge in [0, 0.05) is 30.0 Å². The highest BCUT2D eigenvalue weighted by Crippen LogP contribution is 2.40. The van der Waals surface area contributed by atoms with Gasteiger partial charge >= 0.3 is 5.97 Å². The number of phenolic OH excluding ortho intramolecular Hbond substituents is 1. The summed E-state index contributed by atoms with van der Waals surface area (Å²) in [7, 11) is 3.02. The summed E-state index contributed by atoms with van der Waals surface area (Å²) in [6.07, 6.45) is 1.70. The van der Waals surface area contributed by atoms with Gasteiger partial charge in [-0.05, 0) is 48.6 Å². The predicted octanol–water partition coefficient (Wildman–Crippen LogP) is 3.62. The molecule has 0 spiro atoms. The maximum absolute atomic E-state index is 15.5. The molecule has 0 saturated carbocycles. The van der Waals surface area contributed by atoms with E-state index in [1.165, 1.54) is 37.4 Å². The molecule has 0 fully saturated rings. The number of halogens is 2. The normalized spacial score (nSPS) is 15.6. The van der Waals surface area contributed by atoms with E-state index in [-0.39, 0.29) is 35.1 Å². The van der Waals surface area contributed by atoms with Crippen LogP contribution in [0.2, 0.25) is 0 Å². The molecule has 2 heterocycles. The Kier molecular flexibility index (Phi) is 8.82. The van der Waals surface area contributed by atoms with Crippen molar-refractivity contribution in [3.05, 3.63) is 65.4 Å². The van der Waals surface area contributed by atoms with Gasteiger partial charge in [0.25, 0.3) is 5.88 Å². The molecule has 0 saturated heterocycles. The van der Waals surface area contributed by atoms with Gasteiger partial charge in [-0.3, -0.25) is 20.1 Å². The van der Waals surface area contributed by atoms with E-state index in [0.717, 1.165) is 0 Å². The van der Waals surface area contributed by atoms with Crippen molar-refractivity contribution in [3.8, 4) is 28.9 Å². The van der Waals surface area contributed by atoms with Crippen molar-refractivity contribution in [3.63, 3.8) is 0 Å². The quantitative estimate of drug-likeness (QED) is 0.142. The SMILES string of the molecule is COC(=O)CC[S+]([O-])c1ccc(Oc2c(F)cnc(Oc3cc(C(=N)N)ccc3O)c2F)c(C2N=CCN2C)c1. The number of benzene rings is 2. The maximum Gasteiger partial charge on any atom is 0.310 e. The number of amidine groups is 1. The number of pyridine rings is 1. The highest BCUT2D eigenvalue weighted by molar-refractivity contribution is 7.91. The van der Waals surface area contributed by atoms with Gasteiger partial charge in [0.1, 0.15) is 23.5 Å². The lowest BCUT2D eigenvalue weighted by Gasteiger charge is -2.22. The number of hydrogen-bond acceptors (Lipinski definition) is 10. The molecule has 3 aromatic rings. The molecule has 0 aliphatic carbocycles. The van der Waals surface area contributed by atoms with Crippen LogP contribution in [0, 0.1) is 17.0 Å². The van der Waals surface area contributed by atoms with E-state index in [1.807, 2.05) is 4.90 Å². The number of rotatable bonds is 10. The number of carbonyl (C=O) groups excluding carboxylic acids is 1. The summed E-state index contributed by atoms with van der Waals surface area (Å²) in [4.78, 5) is 21.7. The highest BCUT2D eigenvalue weighted by Gasteiger charge is 2.28. The van der Waals surface area contributed by atoms with Crippen LogP contribution in [0.3, 0.4) is 0 Å². The van der Waals surface area contributed by atoms with Crippen LogP contribution in [0.15, 0.2) is 52.5 Å². The molecule has 0 bridgehead atoms. The zero-order valence-electron chi connectivity index (χ0n) is 21.4. The van der Waals surface area contributed by atoms with E-state index >= 15 is 4.39 Å². The fraction of sp³-hybridized carbons (Fsp3) is 0.231. The van der Waals surface area contributed by atoms with Crippen LogP contribution < -0.4 is 15.2 Å². The molecular weight excluding hydrogens is 548 g/mol. The number of aromatic nitrogens is 1. The number of aliphatic imine (C=N–C) groups is 1. The number of nitrogens with one attached hydrogen (secondary N) is 1. The number of hydrogen-bond donors (Lipinski definition) is 3. The molecule has 1 aliphatic rings. The van der Waals surface area contributed by atoms with Crippen molar-refractivity contribution in [2.45, 2.75) is 17.5 Å². The number of nitrogen functional groups attached to an aromatic ring is 1. The monoisotopic (exact) mass is 573 g/mol. The Labute approximate surface area is 230 Å². The lowest BCUT2D eigenvalue weighted by molar-refractivity contribution is -0.140. The molecule has 40 heavy (non-hydrogen) atoms. The van der Waals surface area contributed by atoms with Crippen LogP contribution in [-0.2, 0) is 20.7 Å². The predicted molar refractivity (Wildman–Crippen MR) is 142 cm³/mol. The van der Waals surface area contributed by atoms with Gasteiger partial charge in [0.2, 0.25) is 11.6 Å². The van der Waals surface area contributed by atoms with Crippen molar-refractivity contribution in [2.75, 3.05) is 26.5 Å². The van der Waals surface area contributed by atoms with E-state index in [2.05, 4.69) is 14.7 Å². The van der Waals surface area contributed by atoms with Crippen molar-refractivity contribution < 1.29 is 37.4 Å². The number of methoxy groups -OCH3 is 1. The second-order valence-electron chi connectivity index (χ2n) is 8.57. The molecule has 0 amide bonds. The molecular formula is C26H25F2N5O6S. The molecule has 2 atom stereocenters. The van der Waals surface area contributed by atoms with Crippen molar-refractivity contribution in [2.24, 2.45) is 10.7 Å². The van der Waals surface area contributed by atoms with E-state index in [1.54, 1.807) is 19.3 Å². The molecule has 2 aromatic carbocycles. The Balaban J connectivity index is 1.68. The zero-order chi connectivity index (χ0) is 29.0. The Bertz CT molecular complexity index is 1470. The second kappa shape index (κ2) is 12.3. The summed E-state index contributed by atoms with van der Waals surface area (Å²) < 4.78 is 58.8. The molecule has 4 rings (SSSR count). The van der Waals surface area contributed by atoms with Crippen LogP contribution in [0.4, 0.5) is 8.78 Å². The average Bonchev–Trinajstić information content (AvgIpc) is 3.37. The van der Waals surface area contributed by atoms with Gasteiger partial charge in [-0.1, -0.05) is 0 Å². The summed E-state index contributed by atoms with van der Waals surface area (Å²) in [6, 6.07) is 8.19. The van der Waals surface area contributed by atoms with Gasteiger partial charge in [-0.15, -0.1) is 0 Å². The fourth-order valence-corrected chi connectivity index (χ4v) is 4.81. The number of ether oxygens (including phenoxy) is 3. The van der Waals surface area contributed by atoms with E-state index in [4.69, 9.17) is 20.6 Å². The molecule has 2 unspecified atom stereocenters. The molecule has 210 valence electrons. The molecule has 1 aliphatic heterocycles. The van der Waals surface area contributed by atoms with E-state index in [9.17, 15) is 18.8 Å². The molecule has 14 heteroatoms.